The van der Waals surface area contributed by atoms with Crippen molar-refractivity contribution in [3.8, 4) is 0 Å². The third-order valence-electron chi connectivity index (χ3n) is 4.79. The van der Waals surface area contributed by atoms with Crippen LogP contribution in [0.3, 0.4) is 0 Å². The predicted octanol–water partition coefficient (Wildman–Crippen LogP) is 2.68. The number of alkyl carbamates (subject to hydrolysis) is 1. The fourth-order valence-electron chi connectivity index (χ4n) is 3.17. The van der Waals surface area contributed by atoms with Gasteiger partial charge in [-0.05, 0) is 30.7 Å². The van der Waals surface area contributed by atoms with Gasteiger partial charge in [-0.2, -0.15) is 4.98 Å². The van der Waals surface area contributed by atoms with E-state index in [1.165, 1.54) is 6.42 Å². The molecule has 3 rings (SSSR count). The molecule has 1 aromatic heterocycles. The summed E-state index contributed by atoms with van der Waals surface area (Å²) in [5, 5.41) is 12.3. The molecule has 1 fully saturated rings. The lowest BCUT2D eigenvalue weighted by Crippen LogP contribution is -2.47. The van der Waals surface area contributed by atoms with E-state index in [0.29, 0.717) is 5.95 Å². The summed E-state index contributed by atoms with van der Waals surface area (Å²) in [7, 11) is 0. The molecule has 156 valence electrons. The van der Waals surface area contributed by atoms with E-state index in [4.69, 9.17) is 4.74 Å². The van der Waals surface area contributed by atoms with Gasteiger partial charge in [-0.25, -0.2) is 9.89 Å². The van der Waals surface area contributed by atoms with Gasteiger partial charge in [-0.3, -0.25) is 10.1 Å². The smallest absolute Gasteiger partial charge is 0.408 e. The lowest BCUT2D eigenvalue weighted by atomic mass is 10.0. The molecular weight excluding hydrogens is 372 g/mol. The average molecular weight is 400 g/mol. The zero-order valence-electron chi connectivity index (χ0n) is 16.9. The molecule has 1 aliphatic heterocycles. The molecule has 0 unspecified atom stereocenters. The molecule has 3 N–H and O–H groups in total. The Morgan fingerprint density at radius 3 is 2.59 bits per heavy atom. The Morgan fingerprint density at radius 2 is 1.90 bits per heavy atom. The normalized spacial score (nSPS) is 15.1. The molecule has 0 saturated carbocycles. The predicted molar refractivity (Wildman–Crippen MR) is 109 cm³/mol. The molecule has 1 aliphatic rings. The zero-order chi connectivity index (χ0) is 20.6. The molecule has 0 bridgehead atoms. The summed E-state index contributed by atoms with van der Waals surface area (Å²) in [6.45, 7) is 5.66. The molecule has 9 nitrogen and oxygen atoms in total. The SMILES string of the molecule is CC(C)[C@H](NC(=O)OCc1ccccc1)C(=O)Nc1nc(N2CCCCC2)n[nH]1. The number of aromatic amines is 1. The fourth-order valence-corrected chi connectivity index (χ4v) is 3.17. The van der Waals surface area contributed by atoms with Gasteiger partial charge in [0.05, 0.1) is 0 Å². The molecule has 9 heteroatoms. The van der Waals surface area contributed by atoms with Gasteiger partial charge >= 0.3 is 6.09 Å². The maximum absolute atomic E-state index is 12.7. The number of hydrogen-bond donors (Lipinski definition) is 3. The van der Waals surface area contributed by atoms with Gasteiger partial charge in [0.2, 0.25) is 17.8 Å². The number of ether oxygens (including phenoxy) is 1. The Morgan fingerprint density at radius 1 is 1.17 bits per heavy atom. The number of hydrogen-bond acceptors (Lipinski definition) is 6. The molecule has 1 atom stereocenters. The summed E-state index contributed by atoms with van der Waals surface area (Å²) in [6, 6.07) is 8.60. The van der Waals surface area contributed by atoms with Gasteiger partial charge in [-0.1, -0.05) is 44.2 Å². The third-order valence-corrected chi connectivity index (χ3v) is 4.79. The molecule has 29 heavy (non-hydrogen) atoms. The van der Waals surface area contributed by atoms with Gasteiger partial charge in [0, 0.05) is 13.1 Å². The van der Waals surface area contributed by atoms with E-state index < -0.39 is 12.1 Å². The van der Waals surface area contributed by atoms with Crippen molar-refractivity contribution >= 4 is 23.9 Å². The minimum atomic E-state index is -0.762. The van der Waals surface area contributed by atoms with Crippen LogP contribution in [0.2, 0.25) is 0 Å². The van der Waals surface area contributed by atoms with Gasteiger partial charge in [0.25, 0.3) is 0 Å². The molecule has 2 amide bonds. The van der Waals surface area contributed by atoms with Crippen molar-refractivity contribution in [2.75, 3.05) is 23.3 Å². The van der Waals surface area contributed by atoms with Gasteiger partial charge < -0.3 is 15.0 Å². The summed E-state index contributed by atoms with van der Waals surface area (Å²) in [6.07, 6.45) is 2.79. The first-order chi connectivity index (χ1) is 14.0. The van der Waals surface area contributed by atoms with Crippen LogP contribution in [-0.4, -0.2) is 46.3 Å². The lowest BCUT2D eigenvalue weighted by molar-refractivity contribution is -0.119. The van der Waals surface area contributed by atoms with E-state index >= 15 is 0 Å². The molecule has 1 aromatic carbocycles. The number of amides is 2. The standard InChI is InChI=1S/C20H28N6O3/c1-14(2)16(21-20(28)29-13-15-9-5-3-6-10-15)17(27)22-18-23-19(25-24-18)26-11-7-4-8-12-26/h3,5-6,9-10,14,16H,4,7-8,11-13H2,1-2H3,(H,21,28)(H2,22,23,24,25,27)/t16-/m0/s1. The number of aromatic nitrogens is 3. The van der Waals surface area contributed by atoms with E-state index in [-0.39, 0.29) is 24.4 Å². The largest absolute Gasteiger partial charge is 0.445 e. The zero-order valence-corrected chi connectivity index (χ0v) is 16.9. The summed E-state index contributed by atoms with van der Waals surface area (Å²) in [4.78, 5) is 31.3. The van der Waals surface area contributed by atoms with Crippen LogP contribution in [0.4, 0.5) is 16.7 Å². The van der Waals surface area contributed by atoms with Crippen LogP contribution in [-0.2, 0) is 16.1 Å². The van der Waals surface area contributed by atoms with Gasteiger partial charge in [0.15, 0.2) is 0 Å². The van der Waals surface area contributed by atoms with Crippen molar-refractivity contribution in [1.82, 2.24) is 20.5 Å². The Bertz CT molecular complexity index is 802. The van der Waals surface area contributed by atoms with Crippen LogP contribution in [0.1, 0.15) is 38.7 Å². The topological polar surface area (TPSA) is 112 Å². The summed E-state index contributed by atoms with van der Waals surface area (Å²) in [5.41, 5.74) is 0.875. The second-order valence-electron chi connectivity index (χ2n) is 7.45. The highest BCUT2D eigenvalue weighted by Crippen LogP contribution is 2.16. The van der Waals surface area contributed by atoms with E-state index in [0.717, 1.165) is 31.5 Å². The summed E-state index contributed by atoms with van der Waals surface area (Å²) >= 11 is 0. The number of carbonyl (C=O) groups excluding carboxylic acids is 2. The van der Waals surface area contributed by atoms with Crippen LogP contribution >= 0.6 is 0 Å². The lowest BCUT2D eigenvalue weighted by Gasteiger charge is -2.24. The van der Waals surface area contributed by atoms with E-state index in [2.05, 4.69) is 30.7 Å². The van der Waals surface area contributed by atoms with Crippen molar-refractivity contribution in [3.63, 3.8) is 0 Å². The van der Waals surface area contributed by atoms with Crippen LogP contribution in [0, 0.1) is 5.92 Å². The quantitative estimate of drug-likeness (QED) is 0.659. The number of piperidine rings is 1. The van der Waals surface area contributed by atoms with E-state index in [9.17, 15) is 9.59 Å². The van der Waals surface area contributed by atoms with E-state index in [1.807, 2.05) is 44.2 Å². The fraction of sp³-hybridized carbons (Fsp3) is 0.500. The number of rotatable bonds is 7. The first-order valence-electron chi connectivity index (χ1n) is 9.98. The van der Waals surface area contributed by atoms with Gasteiger partial charge in [0.1, 0.15) is 12.6 Å². The van der Waals surface area contributed by atoms with Crippen LogP contribution in [0.5, 0.6) is 0 Å². The molecule has 0 spiro atoms. The van der Waals surface area contributed by atoms with Crippen molar-refractivity contribution in [2.45, 2.75) is 45.8 Å². The molecule has 0 radical (unpaired) electrons. The Kier molecular flexibility index (Phi) is 7.04. The first-order valence-corrected chi connectivity index (χ1v) is 9.98. The Hall–Kier alpha value is -3.10. The highest BCUT2D eigenvalue weighted by atomic mass is 16.5. The van der Waals surface area contributed by atoms with Crippen molar-refractivity contribution in [3.05, 3.63) is 35.9 Å². The van der Waals surface area contributed by atoms with Crippen LogP contribution < -0.4 is 15.5 Å². The maximum Gasteiger partial charge on any atom is 0.408 e. The Labute approximate surface area is 170 Å². The highest BCUT2D eigenvalue weighted by Gasteiger charge is 2.26. The van der Waals surface area contributed by atoms with Gasteiger partial charge in [-0.15, -0.1) is 5.10 Å². The second kappa shape index (κ2) is 9.90. The number of H-pyrrole nitrogens is 1. The Balaban J connectivity index is 1.53. The summed E-state index contributed by atoms with van der Waals surface area (Å²) < 4.78 is 5.22. The highest BCUT2D eigenvalue weighted by molar-refractivity contribution is 5.95. The number of anilines is 2. The van der Waals surface area contributed by atoms with Crippen molar-refractivity contribution < 1.29 is 14.3 Å². The number of carbonyl (C=O) groups is 2. The molecule has 2 heterocycles. The second-order valence-corrected chi connectivity index (χ2v) is 7.45. The molecule has 1 saturated heterocycles. The van der Waals surface area contributed by atoms with Crippen molar-refractivity contribution in [1.29, 1.82) is 0 Å². The number of nitrogens with one attached hydrogen (secondary N) is 3. The van der Waals surface area contributed by atoms with E-state index in [1.54, 1.807) is 0 Å². The van der Waals surface area contributed by atoms with Crippen LogP contribution in [0.15, 0.2) is 30.3 Å². The van der Waals surface area contributed by atoms with Crippen LogP contribution in [0.25, 0.3) is 0 Å². The first kappa shape index (κ1) is 20.6. The summed E-state index contributed by atoms with van der Waals surface area (Å²) in [5.74, 6) is 0.332. The molecule has 0 aliphatic carbocycles. The minimum absolute atomic E-state index is 0.135. The average Bonchev–Trinajstić information content (AvgIpc) is 3.20. The number of nitrogens with zero attached hydrogens (tertiary/aromatic N) is 3. The maximum atomic E-state index is 12.7. The molecular formula is C20H28N6O3. The molecule has 2 aromatic rings. The number of benzene rings is 1. The monoisotopic (exact) mass is 400 g/mol. The minimum Gasteiger partial charge on any atom is -0.445 e. The van der Waals surface area contributed by atoms with Crippen molar-refractivity contribution in [2.24, 2.45) is 5.92 Å². The third kappa shape index (κ3) is 5.94.